The summed E-state index contributed by atoms with van der Waals surface area (Å²) in [6.45, 7) is 4.03. The van der Waals surface area contributed by atoms with Gasteiger partial charge >= 0.3 is 0 Å². The van der Waals surface area contributed by atoms with Gasteiger partial charge in [-0.15, -0.1) is 0 Å². The van der Waals surface area contributed by atoms with Crippen LogP contribution in [0.1, 0.15) is 25.8 Å². The number of carbonyl (C=O) groups excluding carboxylic acids is 1. The van der Waals surface area contributed by atoms with E-state index in [9.17, 15) is 4.79 Å². The number of primary amides is 1. The molecule has 0 fully saturated rings. The Morgan fingerprint density at radius 2 is 2.14 bits per heavy atom. The highest BCUT2D eigenvalue weighted by atomic mass is 79.9. The third-order valence-corrected chi connectivity index (χ3v) is 2.72. The van der Waals surface area contributed by atoms with Crippen molar-refractivity contribution < 1.29 is 4.79 Å². The lowest BCUT2D eigenvalue weighted by atomic mass is 9.81. The van der Waals surface area contributed by atoms with Crippen LogP contribution in [-0.2, 0) is 10.2 Å². The quantitative estimate of drug-likeness (QED) is 0.887. The highest BCUT2D eigenvalue weighted by molar-refractivity contribution is 9.10. The number of rotatable bonds is 3. The SMILES string of the molecule is CC(C)(CC(N)=O)c1cccc(Br)c1. The van der Waals surface area contributed by atoms with Crippen molar-refractivity contribution in [3.05, 3.63) is 34.3 Å². The van der Waals surface area contributed by atoms with Crippen LogP contribution < -0.4 is 5.73 Å². The normalized spacial score (nSPS) is 11.4. The molecule has 0 aliphatic heterocycles. The molecule has 0 bridgehead atoms. The summed E-state index contributed by atoms with van der Waals surface area (Å²) in [7, 11) is 0. The minimum Gasteiger partial charge on any atom is -0.370 e. The molecule has 0 spiro atoms. The summed E-state index contributed by atoms with van der Waals surface area (Å²) >= 11 is 3.40. The predicted molar refractivity (Wildman–Crippen MR) is 61.0 cm³/mol. The van der Waals surface area contributed by atoms with Crippen molar-refractivity contribution in [2.45, 2.75) is 25.7 Å². The molecule has 0 atom stereocenters. The minimum absolute atomic E-state index is 0.199. The average Bonchev–Trinajstić information content (AvgIpc) is 2.01. The fraction of sp³-hybridized carbons (Fsp3) is 0.364. The molecule has 2 N–H and O–H groups in total. The first-order valence-electron chi connectivity index (χ1n) is 4.46. The molecule has 14 heavy (non-hydrogen) atoms. The fourth-order valence-electron chi connectivity index (χ4n) is 1.45. The van der Waals surface area contributed by atoms with Crippen molar-refractivity contribution in [2.24, 2.45) is 5.73 Å². The smallest absolute Gasteiger partial charge is 0.218 e. The van der Waals surface area contributed by atoms with E-state index in [0.29, 0.717) is 6.42 Å². The van der Waals surface area contributed by atoms with E-state index in [-0.39, 0.29) is 11.3 Å². The van der Waals surface area contributed by atoms with Gasteiger partial charge in [0.2, 0.25) is 5.91 Å². The van der Waals surface area contributed by atoms with Gasteiger partial charge in [0.1, 0.15) is 0 Å². The van der Waals surface area contributed by atoms with Gasteiger partial charge in [0.25, 0.3) is 0 Å². The molecule has 1 aromatic rings. The standard InChI is InChI=1S/C11H14BrNO/c1-11(2,7-10(13)14)8-4-3-5-9(12)6-8/h3-6H,7H2,1-2H3,(H2,13,14). The molecule has 0 unspecified atom stereocenters. The molecular weight excluding hydrogens is 242 g/mol. The molecule has 2 nitrogen and oxygen atoms in total. The average molecular weight is 256 g/mol. The van der Waals surface area contributed by atoms with Crippen LogP contribution in [0.15, 0.2) is 28.7 Å². The van der Waals surface area contributed by atoms with Crippen LogP contribution in [-0.4, -0.2) is 5.91 Å². The highest BCUT2D eigenvalue weighted by Crippen LogP contribution is 2.28. The second-order valence-electron chi connectivity index (χ2n) is 4.04. The fourth-order valence-corrected chi connectivity index (χ4v) is 1.85. The van der Waals surface area contributed by atoms with Crippen LogP contribution in [0.5, 0.6) is 0 Å². The zero-order valence-corrected chi connectivity index (χ0v) is 9.97. The summed E-state index contributed by atoms with van der Waals surface area (Å²) in [4.78, 5) is 10.9. The Morgan fingerprint density at radius 1 is 1.50 bits per heavy atom. The zero-order valence-electron chi connectivity index (χ0n) is 8.38. The summed E-state index contributed by atoms with van der Waals surface area (Å²) in [6.07, 6.45) is 0.365. The first-order chi connectivity index (χ1) is 6.42. The number of amides is 1. The summed E-state index contributed by atoms with van der Waals surface area (Å²) in [5.74, 6) is -0.269. The van der Waals surface area contributed by atoms with Crippen LogP contribution in [0.4, 0.5) is 0 Å². The van der Waals surface area contributed by atoms with Gasteiger partial charge in [-0.05, 0) is 23.1 Å². The third kappa shape index (κ3) is 2.84. The van der Waals surface area contributed by atoms with Crippen molar-refractivity contribution in [2.75, 3.05) is 0 Å². The molecule has 0 aliphatic rings. The summed E-state index contributed by atoms with van der Waals surface area (Å²) in [5, 5.41) is 0. The van der Waals surface area contributed by atoms with Gasteiger partial charge < -0.3 is 5.73 Å². The van der Waals surface area contributed by atoms with E-state index in [1.807, 2.05) is 38.1 Å². The van der Waals surface area contributed by atoms with Gasteiger partial charge in [0.15, 0.2) is 0 Å². The Hall–Kier alpha value is -0.830. The van der Waals surface area contributed by atoms with E-state index in [1.54, 1.807) is 0 Å². The summed E-state index contributed by atoms with van der Waals surface area (Å²) in [6, 6.07) is 7.95. The van der Waals surface area contributed by atoms with E-state index in [4.69, 9.17) is 5.73 Å². The van der Waals surface area contributed by atoms with Crippen LogP contribution in [0.2, 0.25) is 0 Å². The van der Waals surface area contributed by atoms with Gasteiger partial charge in [0.05, 0.1) is 0 Å². The number of halogens is 1. The van der Waals surface area contributed by atoms with Gasteiger partial charge in [0, 0.05) is 10.9 Å². The Bertz CT molecular complexity index is 347. The lowest BCUT2D eigenvalue weighted by Crippen LogP contribution is -2.26. The van der Waals surface area contributed by atoms with E-state index >= 15 is 0 Å². The van der Waals surface area contributed by atoms with E-state index in [1.165, 1.54) is 0 Å². The Kier molecular flexibility index (Phi) is 3.32. The number of hydrogen-bond acceptors (Lipinski definition) is 1. The molecule has 1 amide bonds. The molecule has 76 valence electrons. The molecular formula is C11H14BrNO. The second-order valence-corrected chi connectivity index (χ2v) is 4.95. The molecule has 0 saturated heterocycles. The predicted octanol–water partition coefficient (Wildman–Crippen LogP) is 2.60. The minimum atomic E-state index is -0.269. The van der Waals surface area contributed by atoms with Crippen molar-refractivity contribution in [3.8, 4) is 0 Å². The van der Waals surface area contributed by atoms with Crippen LogP contribution in [0, 0.1) is 0 Å². The van der Waals surface area contributed by atoms with Crippen molar-refractivity contribution in [1.29, 1.82) is 0 Å². The number of carbonyl (C=O) groups is 1. The molecule has 0 radical (unpaired) electrons. The molecule has 0 aromatic heterocycles. The first kappa shape index (κ1) is 11.2. The maximum atomic E-state index is 10.9. The molecule has 0 saturated carbocycles. The Morgan fingerprint density at radius 3 is 2.64 bits per heavy atom. The largest absolute Gasteiger partial charge is 0.370 e. The molecule has 1 rings (SSSR count). The lowest BCUT2D eigenvalue weighted by Gasteiger charge is -2.23. The summed E-state index contributed by atoms with van der Waals surface area (Å²) in [5.41, 5.74) is 6.12. The van der Waals surface area contributed by atoms with Crippen molar-refractivity contribution in [3.63, 3.8) is 0 Å². The zero-order chi connectivity index (χ0) is 10.8. The van der Waals surface area contributed by atoms with E-state index in [0.717, 1.165) is 10.0 Å². The second kappa shape index (κ2) is 4.13. The van der Waals surface area contributed by atoms with Gasteiger partial charge in [-0.1, -0.05) is 41.9 Å². The maximum Gasteiger partial charge on any atom is 0.218 e. The van der Waals surface area contributed by atoms with Crippen LogP contribution in [0.3, 0.4) is 0 Å². The lowest BCUT2D eigenvalue weighted by molar-refractivity contribution is -0.119. The molecule has 3 heteroatoms. The molecule has 1 aromatic carbocycles. The van der Waals surface area contributed by atoms with E-state index in [2.05, 4.69) is 15.9 Å². The summed E-state index contributed by atoms with van der Waals surface area (Å²) < 4.78 is 1.02. The van der Waals surface area contributed by atoms with E-state index < -0.39 is 0 Å². The van der Waals surface area contributed by atoms with Crippen LogP contribution >= 0.6 is 15.9 Å². The van der Waals surface area contributed by atoms with Gasteiger partial charge in [-0.2, -0.15) is 0 Å². The number of nitrogens with two attached hydrogens (primary N) is 1. The highest BCUT2D eigenvalue weighted by Gasteiger charge is 2.22. The third-order valence-electron chi connectivity index (χ3n) is 2.22. The van der Waals surface area contributed by atoms with Crippen LogP contribution in [0.25, 0.3) is 0 Å². The van der Waals surface area contributed by atoms with Gasteiger partial charge in [-0.25, -0.2) is 0 Å². The Labute approximate surface area is 92.6 Å². The number of benzene rings is 1. The number of hydrogen-bond donors (Lipinski definition) is 1. The van der Waals surface area contributed by atoms with Crippen molar-refractivity contribution in [1.82, 2.24) is 0 Å². The van der Waals surface area contributed by atoms with Crippen molar-refractivity contribution >= 4 is 21.8 Å². The topological polar surface area (TPSA) is 43.1 Å². The maximum absolute atomic E-state index is 10.9. The van der Waals surface area contributed by atoms with Gasteiger partial charge in [-0.3, -0.25) is 4.79 Å². The monoisotopic (exact) mass is 255 g/mol. The molecule has 0 aliphatic carbocycles. The Balaban J connectivity index is 2.97. The molecule has 0 heterocycles. The first-order valence-corrected chi connectivity index (χ1v) is 5.25.